The van der Waals surface area contributed by atoms with Gasteiger partial charge in [-0.25, -0.2) is 4.39 Å². The van der Waals surface area contributed by atoms with Gasteiger partial charge in [-0.3, -0.25) is 14.3 Å². The molecule has 4 aromatic rings. The largest absolute Gasteiger partial charge is 0.489 e. The van der Waals surface area contributed by atoms with E-state index in [1.165, 1.54) is 18.2 Å². The zero-order chi connectivity index (χ0) is 21.6. The van der Waals surface area contributed by atoms with Gasteiger partial charge < -0.3 is 10.1 Å². The first-order chi connectivity index (χ1) is 15.1. The van der Waals surface area contributed by atoms with E-state index >= 15 is 0 Å². The van der Waals surface area contributed by atoms with E-state index in [-0.39, 0.29) is 18.0 Å². The molecule has 6 heteroatoms. The molecule has 0 aliphatic carbocycles. The number of fused-ring (bicyclic) bond motifs is 1. The predicted molar refractivity (Wildman–Crippen MR) is 120 cm³/mol. The van der Waals surface area contributed by atoms with Crippen LogP contribution in [0, 0.1) is 5.82 Å². The molecule has 2 heterocycles. The lowest BCUT2D eigenvalue weighted by molar-refractivity contribution is 0.305. The van der Waals surface area contributed by atoms with Crippen LogP contribution in [0.25, 0.3) is 16.6 Å². The Bertz CT molecular complexity index is 1240. The molecule has 0 saturated carbocycles. The minimum Gasteiger partial charge on any atom is -0.489 e. The lowest BCUT2D eigenvalue weighted by Gasteiger charge is -2.10. The third kappa shape index (κ3) is 5.16. The highest BCUT2D eigenvalue weighted by Crippen LogP contribution is 2.18. The van der Waals surface area contributed by atoms with Crippen LogP contribution in [0.2, 0.25) is 0 Å². The third-order valence-corrected chi connectivity index (χ3v) is 4.95. The summed E-state index contributed by atoms with van der Waals surface area (Å²) < 4.78 is 20.2. The van der Waals surface area contributed by atoms with Gasteiger partial charge in [0.15, 0.2) is 0 Å². The number of nitrogens with zero attached hydrogens (tertiary/aromatic N) is 2. The van der Waals surface area contributed by atoms with Gasteiger partial charge in [-0.15, -0.1) is 0 Å². The molecule has 2 aromatic carbocycles. The van der Waals surface area contributed by atoms with Crippen LogP contribution in [0.4, 0.5) is 4.39 Å². The van der Waals surface area contributed by atoms with E-state index in [9.17, 15) is 9.18 Å². The smallest absolute Gasteiger partial charge is 0.258 e. The Balaban J connectivity index is 1.49. The fourth-order valence-electron chi connectivity index (χ4n) is 3.31. The van der Waals surface area contributed by atoms with Gasteiger partial charge in [-0.1, -0.05) is 25.1 Å². The SMILES string of the molecule is CCCNCc1ccc2cc(-n3ccc(OCc4ccc(F)cc4)cc3=O)ccc2n1. The molecule has 0 unspecified atom stereocenters. The molecule has 0 amide bonds. The monoisotopic (exact) mass is 417 g/mol. The Morgan fingerprint density at radius 3 is 2.65 bits per heavy atom. The predicted octanol–water partition coefficient (Wildman–Crippen LogP) is 4.60. The van der Waals surface area contributed by atoms with E-state index in [0.29, 0.717) is 5.75 Å². The minimum absolute atomic E-state index is 0.190. The van der Waals surface area contributed by atoms with Gasteiger partial charge in [0.25, 0.3) is 5.56 Å². The Morgan fingerprint density at radius 1 is 1.03 bits per heavy atom. The number of halogens is 1. The lowest BCUT2D eigenvalue weighted by Crippen LogP contribution is -2.17. The molecule has 158 valence electrons. The van der Waals surface area contributed by atoms with Gasteiger partial charge in [0.2, 0.25) is 0 Å². The van der Waals surface area contributed by atoms with Crippen molar-refractivity contribution in [3.05, 3.63) is 100 Å². The topological polar surface area (TPSA) is 56.2 Å². The van der Waals surface area contributed by atoms with Gasteiger partial charge in [-0.05, 0) is 61.0 Å². The average Bonchev–Trinajstić information content (AvgIpc) is 2.79. The standard InChI is InChI=1S/C25H24FN3O2/c1-2-12-27-16-21-8-5-19-14-22(9-10-24(19)28-21)29-13-11-23(15-25(29)30)31-17-18-3-6-20(26)7-4-18/h3-11,13-15,27H,2,12,16-17H2,1H3. The Kier molecular flexibility index (Phi) is 6.38. The van der Waals surface area contributed by atoms with Crippen LogP contribution < -0.4 is 15.6 Å². The molecule has 0 aliphatic heterocycles. The quantitative estimate of drug-likeness (QED) is 0.426. The highest BCUT2D eigenvalue weighted by Gasteiger charge is 2.06. The van der Waals surface area contributed by atoms with Crippen LogP contribution in [0.5, 0.6) is 5.75 Å². The normalized spacial score (nSPS) is 11.0. The Morgan fingerprint density at radius 2 is 1.87 bits per heavy atom. The number of pyridine rings is 2. The van der Waals surface area contributed by atoms with E-state index in [1.807, 2.05) is 30.3 Å². The second kappa shape index (κ2) is 9.53. The van der Waals surface area contributed by atoms with E-state index in [2.05, 4.69) is 17.2 Å². The zero-order valence-electron chi connectivity index (χ0n) is 17.3. The summed E-state index contributed by atoms with van der Waals surface area (Å²) in [6, 6.07) is 19.1. The Hall–Kier alpha value is -3.51. The number of hydrogen-bond acceptors (Lipinski definition) is 4. The van der Waals surface area contributed by atoms with Gasteiger partial charge >= 0.3 is 0 Å². The highest BCUT2D eigenvalue weighted by atomic mass is 19.1. The molecule has 0 aliphatic rings. The first kappa shape index (κ1) is 20.8. The molecule has 0 fully saturated rings. The van der Waals surface area contributed by atoms with Crippen LogP contribution in [-0.4, -0.2) is 16.1 Å². The lowest BCUT2D eigenvalue weighted by atomic mass is 10.1. The maximum atomic E-state index is 13.0. The molecular weight excluding hydrogens is 393 g/mol. The van der Waals surface area contributed by atoms with Crippen LogP contribution in [0.1, 0.15) is 24.6 Å². The number of rotatable bonds is 8. The average molecular weight is 417 g/mol. The van der Waals surface area contributed by atoms with Crippen LogP contribution in [-0.2, 0) is 13.2 Å². The molecule has 4 rings (SSSR count). The first-order valence-electron chi connectivity index (χ1n) is 10.3. The molecule has 0 atom stereocenters. The maximum Gasteiger partial charge on any atom is 0.258 e. The first-order valence-corrected chi connectivity index (χ1v) is 10.3. The summed E-state index contributed by atoms with van der Waals surface area (Å²) in [6.07, 6.45) is 2.78. The molecule has 2 aromatic heterocycles. The van der Waals surface area contributed by atoms with Crippen molar-refractivity contribution in [3.8, 4) is 11.4 Å². The van der Waals surface area contributed by atoms with E-state index in [0.717, 1.165) is 47.4 Å². The number of aromatic nitrogens is 2. The summed E-state index contributed by atoms with van der Waals surface area (Å²) in [5, 5.41) is 4.33. The summed E-state index contributed by atoms with van der Waals surface area (Å²) in [7, 11) is 0. The molecule has 31 heavy (non-hydrogen) atoms. The molecule has 0 spiro atoms. The Labute approximate surface area is 180 Å². The number of hydrogen-bond donors (Lipinski definition) is 1. The molecule has 1 N–H and O–H groups in total. The van der Waals surface area contributed by atoms with Crippen molar-refractivity contribution in [1.82, 2.24) is 14.9 Å². The molecule has 5 nitrogen and oxygen atoms in total. The van der Waals surface area contributed by atoms with E-state index < -0.39 is 0 Å². The van der Waals surface area contributed by atoms with Gasteiger partial charge in [0, 0.05) is 29.9 Å². The summed E-state index contributed by atoms with van der Waals surface area (Å²) in [5.41, 5.74) is 3.29. The number of nitrogens with one attached hydrogen (secondary N) is 1. The van der Waals surface area contributed by atoms with Crippen molar-refractivity contribution in [3.63, 3.8) is 0 Å². The van der Waals surface area contributed by atoms with Gasteiger partial charge in [0.1, 0.15) is 18.2 Å². The van der Waals surface area contributed by atoms with Crippen LogP contribution in [0.15, 0.2) is 77.7 Å². The number of benzene rings is 2. The number of ether oxygens (including phenoxy) is 1. The van der Waals surface area contributed by atoms with Crippen LogP contribution >= 0.6 is 0 Å². The summed E-state index contributed by atoms with van der Waals surface area (Å²) in [4.78, 5) is 17.3. The van der Waals surface area contributed by atoms with Gasteiger partial charge in [-0.2, -0.15) is 0 Å². The van der Waals surface area contributed by atoms with E-state index in [4.69, 9.17) is 4.74 Å². The second-order valence-electron chi connectivity index (χ2n) is 7.34. The second-order valence-corrected chi connectivity index (χ2v) is 7.34. The molecular formula is C25H24FN3O2. The molecule has 0 radical (unpaired) electrons. The molecule has 0 saturated heterocycles. The van der Waals surface area contributed by atoms with Crippen molar-refractivity contribution in [2.45, 2.75) is 26.5 Å². The molecule has 0 bridgehead atoms. The van der Waals surface area contributed by atoms with Crippen molar-refractivity contribution in [2.24, 2.45) is 0 Å². The summed E-state index contributed by atoms with van der Waals surface area (Å²) in [5.74, 6) is 0.179. The van der Waals surface area contributed by atoms with Crippen molar-refractivity contribution in [1.29, 1.82) is 0 Å². The summed E-state index contributed by atoms with van der Waals surface area (Å²) in [6.45, 7) is 4.10. The fourth-order valence-corrected chi connectivity index (χ4v) is 3.31. The summed E-state index contributed by atoms with van der Waals surface area (Å²) >= 11 is 0. The minimum atomic E-state index is -0.290. The van der Waals surface area contributed by atoms with Crippen LogP contribution in [0.3, 0.4) is 0 Å². The van der Waals surface area contributed by atoms with Gasteiger partial charge in [0.05, 0.1) is 11.2 Å². The third-order valence-electron chi connectivity index (χ3n) is 4.95. The fraction of sp³-hybridized carbons (Fsp3) is 0.200. The van der Waals surface area contributed by atoms with Crippen molar-refractivity contribution in [2.75, 3.05) is 6.54 Å². The highest BCUT2D eigenvalue weighted by molar-refractivity contribution is 5.81. The van der Waals surface area contributed by atoms with Crippen molar-refractivity contribution >= 4 is 10.9 Å². The maximum absolute atomic E-state index is 13.0. The zero-order valence-corrected chi connectivity index (χ0v) is 17.3. The van der Waals surface area contributed by atoms with Crippen molar-refractivity contribution < 1.29 is 9.13 Å². The van der Waals surface area contributed by atoms with E-state index in [1.54, 1.807) is 29.0 Å².